The van der Waals surface area contributed by atoms with E-state index in [2.05, 4.69) is 0 Å². The van der Waals surface area contributed by atoms with E-state index < -0.39 is 17.3 Å². The minimum Gasteiger partial charge on any atom is -0.390 e. The van der Waals surface area contributed by atoms with Crippen LogP contribution in [0, 0.1) is 0 Å². The van der Waals surface area contributed by atoms with E-state index in [9.17, 15) is 18.3 Å². The van der Waals surface area contributed by atoms with Crippen molar-refractivity contribution in [3.05, 3.63) is 34.3 Å². The highest BCUT2D eigenvalue weighted by Crippen LogP contribution is 2.40. The number of aliphatic hydroxyl groups is 1. The number of benzene rings is 1. The summed E-state index contributed by atoms with van der Waals surface area (Å²) in [5, 5.41) is 9.97. The molecule has 0 heterocycles. The van der Waals surface area contributed by atoms with E-state index >= 15 is 0 Å². The first-order chi connectivity index (χ1) is 7.80. The van der Waals surface area contributed by atoms with Gasteiger partial charge in [-0.1, -0.05) is 11.6 Å². The second-order valence-electron chi connectivity index (χ2n) is 4.53. The van der Waals surface area contributed by atoms with Crippen LogP contribution in [0.3, 0.4) is 0 Å². The molecule has 5 heteroatoms. The lowest BCUT2D eigenvalue weighted by atomic mass is 10.0. The molecule has 0 unspecified atom stereocenters. The van der Waals surface area contributed by atoms with E-state index in [1.165, 1.54) is 6.07 Å². The minimum atomic E-state index is -4.35. The summed E-state index contributed by atoms with van der Waals surface area (Å²) in [5.41, 5.74) is -0.918. The number of rotatable bonds is 3. The molecule has 1 N–H and O–H groups in total. The molecule has 2 rings (SSSR count). The van der Waals surface area contributed by atoms with Gasteiger partial charge in [0.2, 0.25) is 0 Å². The largest absolute Gasteiger partial charge is 0.416 e. The van der Waals surface area contributed by atoms with Crippen LogP contribution in [0.1, 0.15) is 30.4 Å². The van der Waals surface area contributed by atoms with Gasteiger partial charge in [-0.05, 0) is 49.4 Å². The van der Waals surface area contributed by atoms with Gasteiger partial charge in [0.15, 0.2) is 0 Å². The van der Waals surface area contributed by atoms with Crippen LogP contribution in [0.2, 0.25) is 5.02 Å². The van der Waals surface area contributed by atoms with Crippen molar-refractivity contribution in [2.75, 3.05) is 0 Å². The molecule has 1 saturated carbocycles. The highest BCUT2D eigenvalue weighted by Gasteiger charge is 2.39. The van der Waals surface area contributed by atoms with Crippen molar-refractivity contribution >= 4 is 11.6 Å². The van der Waals surface area contributed by atoms with Crippen molar-refractivity contribution in [3.8, 4) is 0 Å². The summed E-state index contributed by atoms with van der Waals surface area (Å²) >= 11 is 5.85. The molecular weight excluding hydrogens is 253 g/mol. The third-order valence-electron chi connectivity index (χ3n) is 3.06. The molecule has 1 aromatic rings. The van der Waals surface area contributed by atoms with Crippen LogP contribution in [0.5, 0.6) is 0 Å². The fourth-order valence-electron chi connectivity index (χ4n) is 1.70. The van der Waals surface area contributed by atoms with E-state index in [0.29, 0.717) is 23.4 Å². The fourth-order valence-corrected chi connectivity index (χ4v) is 1.92. The van der Waals surface area contributed by atoms with Crippen molar-refractivity contribution in [2.24, 2.45) is 0 Å². The van der Waals surface area contributed by atoms with E-state index in [4.69, 9.17) is 11.6 Å². The lowest BCUT2D eigenvalue weighted by Gasteiger charge is -2.12. The van der Waals surface area contributed by atoms with Gasteiger partial charge in [0.1, 0.15) is 0 Å². The van der Waals surface area contributed by atoms with Gasteiger partial charge in [-0.15, -0.1) is 0 Å². The van der Waals surface area contributed by atoms with Gasteiger partial charge in [0, 0.05) is 5.02 Å². The summed E-state index contributed by atoms with van der Waals surface area (Å²) in [7, 11) is 0. The van der Waals surface area contributed by atoms with Crippen LogP contribution in [-0.4, -0.2) is 10.7 Å². The van der Waals surface area contributed by atoms with Crippen molar-refractivity contribution in [3.63, 3.8) is 0 Å². The van der Waals surface area contributed by atoms with Gasteiger partial charge < -0.3 is 5.11 Å². The molecule has 0 saturated heterocycles. The predicted molar refractivity (Wildman–Crippen MR) is 59.0 cm³/mol. The summed E-state index contributed by atoms with van der Waals surface area (Å²) in [6.45, 7) is 0. The number of hydrogen-bond donors (Lipinski definition) is 1. The quantitative estimate of drug-likeness (QED) is 0.880. The van der Waals surface area contributed by atoms with Gasteiger partial charge in [0.25, 0.3) is 0 Å². The molecule has 1 aromatic carbocycles. The van der Waals surface area contributed by atoms with E-state index in [-0.39, 0.29) is 0 Å². The third kappa shape index (κ3) is 3.13. The molecule has 94 valence electrons. The molecule has 0 radical (unpaired) electrons. The first kappa shape index (κ1) is 12.7. The van der Waals surface area contributed by atoms with Crippen LogP contribution >= 0.6 is 11.6 Å². The first-order valence-electron chi connectivity index (χ1n) is 5.38. The van der Waals surface area contributed by atoms with Gasteiger partial charge in [0.05, 0.1) is 11.2 Å². The van der Waals surface area contributed by atoms with Gasteiger partial charge in [-0.3, -0.25) is 0 Å². The van der Waals surface area contributed by atoms with Crippen LogP contribution in [0.25, 0.3) is 0 Å². The Bertz CT molecular complexity index is 424. The van der Waals surface area contributed by atoms with Gasteiger partial charge >= 0.3 is 6.18 Å². The lowest BCUT2D eigenvalue weighted by molar-refractivity contribution is -0.137. The molecule has 0 amide bonds. The van der Waals surface area contributed by atoms with Crippen molar-refractivity contribution in [1.82, 2.24) is 0 Å². The van der Waals surface area contributed by atoms with E-state index in [1.54, 1.807) is 0 Å². The zero-order valence-corrected chi connectivity index (χ0v) is 9.78. The molecule has 0 spiro atoms. The lowest BCUT2D eigenvalue weighted by Crippen LogP contribution is -2.09. The molecule has 0 atom stereocenters. The Balaban J connectivity index is 2.14. The Kier molecular flexibility index (Phi) is 3.12. The molecular formula is C12H12ClF3O. The Morgan fingerprint density at radius 1 is 1.29 bits per heavy atom. The second-order valence-corrected chi connectivity index (χ2v) is 4.94. The Morgan fingerprint density at radius 2 is 1.94 bits per heavy atom. The highest BCUT2D eigenvalue weighted by molar-refractivity contribution is 6.31. The topological polar surface area (TPSA) is 20.2 Å². The normalized spacial score (nSPS) is 18.2. The summed E-state index contributed by atoms with van der Waals surface area (Å²) in [6, 6.07) is 3.29. The molecule has 1 nitrogen and oxygen atoms in total. The first-order valence-corrected chi connectivity index (χ1v) is 5.76. The maximum absolute atomic E-state index is 12.5. The van der Waals surface area contributed by atoms with Crippen molar-refractivity contribution in [2.45, 2.75) is 37.5 Å². The summed E-state index contributed by atoms with van der Waals surface area (Å²) in [6.07, 6.45) is -2.06. The summed E-state index contributed by atoms with van der Waals surface area (Å²) in [5.74, 6) is 0. The number of aryl methyl sites for hydroxylation is 1. The molecule has 1 aliphatic rings. The van der Waals surface area contributed by atoms with Crippen molar-refractivity contribution < 1.29 is 18.3 Å². The summed E-state index contributed by atoms with van der Waals surface area (Å²) < 4.78 is 37.5. The molecule has 17 heavy (non-hydrogen) atoms. The maximum atomic E-state index is 12.5. The second kappa shape index (κ2) is 4.18. The van der Waals surface area contributed by atoms with E-state index in [0.717, 1.165) is 25.0 Å². The van der Waals surface area contributed by atoms with Gasteiger partial charge in [-0.25, -0.2) is 0 Å². The Morgan fingerprint density at radius 3 is 2.47 bits per heavy atom. The standard InChI is InChI=1S/C12H12ClF3O/c13-10-2-1-9(12(14,15)16)7-8(10)3-4-11(17)5-6-11/h1-2,7,17H,3-6H2. The third-order valence-corrected chi connectivity index (χ3v) is 3.43. The van der Waals surface area contributed by atoms with Crippen molar-refractivity contribution in [1.29, 1.82) is 0 Å². The molecule has 0 aromatic heterocycles. The minimum absolute atomic E-state index is 0.322. The van der Waals surface area contributed by atoms with Gasteiger partial charge in [-0.2, -0.15) is 13.2 Å². The van der Waals surface area contributed by atoms with Crippen LogP contribution in [0.15, 0.2) is 18.2 Å². The zero-order chi connectivity index (χ0) is 12.7. The summed E-state index contributed by atoms with van der Waals surface area (Å²) in [4.78, 5) is 0. The highest BCUT2D eigenvalue weighted by atomic mass is 35.5. The zero-order valence-electron chi connectivity index (χ0n) is 9.02. The number of hydrogen-bond acceptors (Lipinski definition) is 1. The average Bonchev–Trinajstić information content (AvgIpc) is 2.94. The van der Waals surface area contributed by atoms with Crippen LogP contribution in [-0.2, 0) is 12.6 Å². The molecule has 1 fully saturated rings. The predicted octanol–water partition coefficient (Wildman–Crippen LogP) is 3.82. The molecule has 1 aliphatic carbocycles. The van der Waals surface area contributed by atoms with Crippen LogP contribution in [0.4, 0.5) is 13.2 Å². The smallest absolute Gasteiger partial charge is 0.390 e. The fraction of sp³-hybridized carbons (Fsp3) is 0.500. The average molecular weight is 265 g/mol. The number of alkyl halides is 3. The van der Waals surface area contributed by atoms with Crippen LogP contribution < -0.4 is 0 Å². The molecule has 0 aliphatic heterocycles. The Hall–Kier alpha value is -0.740. The number of halogens is 4. The maximum Gasteiger partial charge on any atom is 0.416 e. The van der Waals surface area contributed by atoms with E-state index in [1.807, 2.05) is 0 Å². The monoisotopic (exact) mass is 264 g/mol. The Labute approximate surface area is 102 Å². The SMILES string of the molecule is OC1(CCc2cc(C(F)(F)F)ccc2Cl)CC1. The molecule has 0 bridgehead atoms.